The quantitative estimate of drug-likeness (QED) is 0.813. The molecule has 2 heterocycles. The third-order valence-corrected chi connectivity index (χ3v) is 6.81. The largest absolute Gasteiger partial charge is 0.375 e. The molecule has 3 aliphatic rings. The Hall–Kier alpha value is -0.920. The summed E-state index contributed by atoms with van der Waals surface area (Å²) in [6.07, 6.45) is 5.71. The van der Waals surface area contributed by atoms with Crippen LogP contribution in [0.5, 0.6) is 0 Å². The first-order valence-electron chi connectivity index (χ1n) is 7.74. The molecule has 0 spiro atoms. The molecule has 4 rings (SSSR count). The van der Waals surface area contributed by atoms with E-state index in [0.29, 0.717) is 25.6 Å². The Bertz CT molecular complexity index is 619. The minimum Gasteiger partial charge on any atom is -0.375 e. The van der Waals surface area contributed by atoms with Crippen LogP contribution in [0.3, 0.4) is 0 Å². The van der Waals surface area contributed by atoms with Crippen molar-refractivity contribution in [3.8, 4) is 0 Å². The van der Waals surface area contributed by atoms with Crippen molar-refractivity contribution in [2.45, 2.75) is 50.1 Å². The summed E-state index contributed by atoms with van der Waals surface area (Å²) in [6, 6.07) is 1.90. The Labute approximate surface area is 125 Å². The Morgan fingerprint density at radius 3 is 2.76 bits per heavy atom. The highest BCUT2D eigenvalue weighted by atomic mass is 32.2. The highest BCUT2D eigenvalue weighted by Gasteiger charge is 2.42. The smallest absolute Gasteiger partial charge is 0.217 e. The van der Waals surface area contributed by atoms with Crippen molar-refractivity contribution in [3.05, 3.63) is 18.0 Å². The predicted octanol–water partition coefficient (Wildman–Crippen LogP) is 0.986. The maximum Gasteiger partial charge on any atom is 0.217 e. The van der Waals surface area contributed by atoms with Gasteiger partial charge in [-0.1, -0.05) is 0 Å². The molecule has 2 fully saturated rings. The Kier molecular flexibility index (Phi) is 3.31. The molecule has 1 aromatic heterocycles. The van der Waals surface area contributed by atoms with Crippen LogP contribution in [0.2, 0.25) is 0 Å². The average Bonchev–Trinajstić information content (AvgIpc) is 3.35. The van der Waals surface area contributed by atoms with Gasteiger partial charge in [0.1, 0.15) is 0 Å². The Balaban J connectivity index is 1.55. The van der Waals surface area contributed by atoms with E-state index in [9.17, 15) is 8.42 Å². The van der Waals surface area contributed by atoms with Gasteiger partial charge < -0.3 is 4.74 Å². The van der Waals surface area contributed by atoms with Gasteiger partial charge >= 0.3 is 0 Å². The SMILES string of the molecule is O=S(=O)(C1CC1)N1Cc2ccnn2CC(OCC2CC2)C1. The molecule has 1 aromatic rings. The lowest BCUT2D eigenvalue weighted by molar-refractivity contribution is 0.0257. The fraction of sp³-hybridized carbons (Fsp3) is 0.786. The predicted molar refractivity (Wildman–Crippen MR) is 77.0 cm³/mol. The van der Waals surface area contributed by atoms with Crippen LogP contribution in [0, 0.1) is 5.92 Å². The molecule has 0 amide bonds. The Morgan fingerprint density at radius 2 is 2.05 bits per heavy atom. The van der Waals surface area contributed by atoms with E-state index in [0.717, 1.165) is 25.1 Å². The second kappa shape index (κ2) is 5.07. The van der Waals surface area contributed by atoms with Gasteiger partial charge in [0.05, 0.1) is 30.1 Å². The molecule has 1 unspecified atom stereocenters. The molecular weight excluding hydrogens is 290 g/mol. The van der Waals surface area contributed by atoms with Crippen molar-refractivity contribution in [2.75, 3.05) is 13.2 Å². The van der Waals surface area contributed by atoms with Gasteiger partial charge in [0.2, 0.25) is 10.0 Å². The number of rotatable bonds is 5. The summed E-state index contributed by atoms with van der Waals surface area (Å²) in [5, 5.41) is 4.13. The summed E-state index contributed by atoms with van der Waals surface area (Å²) >= 11 is 0. The van der Waals surface area contributed by atoms with Crippen LogP contribution in [0.25, 0.3) is 0 Å². The highest BCUT2D eigenvalue weighted by molar-refractivity contribution is 7.90. The maximum absolute atomic E-state index is 12.6. The molecule has 1 aliphatic heterocycles. The molecule has 0 radical (unpaired) electrons. The molecule has 0 saturated heterocycles. The van der Waals surface area contributed by atoms with E-state index < -0.39 is 10.0 Å². The van der Waals surface area contributed by atoms with Gasteiger partial charge in [-0.2, -0.15) is 9.40 Å². The summed E-state index contributed by atoms with van der Waals surface area (Å²) in [7, 11) is -3.18. The topological polar surface area (TPSA) is 64.4 Å². The van der Waals surface area contributed by atoms with Gasteiger partial charge in [-0.3, -0.25) is 4.68 Å². The van der Waals surface area contributed by atoms with Crippen molar-refractivity contribution in [3.63, 3.8) is 0 Å². The van der Waals surface area contributed by atoms with Gasteiger partial charge in [-0.25, -0.2) is 8.42 Å². The first kappa shape index (κ1) is 13.7. The Morgan fingerprint density at radius 1 is 1.24 bits per heavy atom. The first-order chi connectivity index (χ1) is 10.1. The molecule has 21 heavy (non-hydrogen) atoms. The molecular formula is C14H21N3O3S. The van der Waals surface area contributed by atoms with E-state index in [1.807, 2.05) is 10.7 Å². The summed E-state index contributed by atoms with van der Waals surface area (Å²) in [5.74, 6) is 0.679. The van der Waals surface area contributed by atoms with Crippen LogP contribution < -0.4 is 0 Å². The van der Waals surface area contributed by atoms with Crippen LogP contribution in [-0.2, 0) is 27.8 Å². The average molecular weight is 311 g/mol. The summed E-state index contributed by atoms with van der Waals surface area (Å²) in [6.45, 7) is 2.27. The van der Waals surface area contributed by atoms with Crippen molar-refractivity contribution in [1.29, 1.82) is 0 Å². The molecule has 2 aliphatic carbocycles. The zero-order chi connectivity index (χ0) is 14.4. The van der Waals surface area contributed by atoms with Gasteiger partial charge in [0, 0.05) is 19.3 Å². The van der Waals surface area contributed by atoms with Crippen LogP contribution in [-0.4, -0.2) is 47.0 Å². The van der Waals surface area contributed by atoms with E-state index in [4.69, 9.17) is 4.74 Å². The lowest BCUT2D eigenvalue weighted by atomic mass is 10.3. The fourth-order valence-corrected chi connectivity index (χ4v) is 4.65. The minimum absolute atomic E-state index is 0.0970. The number of ether oxygens (including phenoxy) is 1. The molecule has 0 aromatic carbocycles. The normalized spacial score (nSPS) is 27.3. The second-order valence-electron chi connectivity index (χ2n) is 6.44. The number of hydrogen-bond acceptors (Lipinski definition) is 4. The van der Waals surface area contributed by atoms with Crippen LogP contribution in [0.1, 0.15) is 31.4 Å². The molecule has 1 atom stereocenters. The van der Waals surface area contributed by atoms with Crippen LogP contribution >= 0.6 is 0 Å². The minimum atomic E-state index is -3.18. The lowest BCUT2D eigenvalue weighted by Crippen LogP contribution is -2.39. The number of hydrogen-bond donors (Lipinski definition) is 0. The second-order valence-corrected chi connectivity index (χ2v) is 8.65. The molecule has 7 heteroatoms. The number of sulfonamides is 1. The van der Waals surface area contributed by atoms with Gasteiger partial charge in [0.15, 0.2) is 0 Å². The van der Waals surface area contributed by atoms with Crippen molar-refractivity contribution >= 4 is 10.0 Å². The molecule has 0 N–H and O–H groups in total. The third kappa shape index (κ3) is 2.86. The fourth-order valence-electron chi connectivity index (χ4n) is 2.81. The molecule has 6 nitrogen and oxygen atoms in total. The summed E-state index contributed by atoms with van der Waals surface area (Å²) < 4.78 is 34.6. The van der Waals surface area contributed by atoms with Gasteiger partial charge in [-0.15, -0.1) is 0 Å². The van der Waals surface area contributed by atoms with E-state index in [2.05, 4.69) is 5.10 Å². The summed E-state index contributed by atoms with van der Waals surface area (Å²) in [4.78, 5) is 0. The highest BCUT2D eigenvalue weighted by Crippen LogP contribution is 2.33. The number of fused-ring (bicyclic) bond motifs is 1. The van der Waals surface area contributed by atoms with Crippen LogP contribution in [0.4, 0.5) is 0 Å². The zero-order valence-corrected chi connectivity index (χ0v) is 12.8. The lowest BCUT2D eigenvalue weighted by Gasteiger charge is -2.23. The monoisotopic (exact) mass is 311 g/mol. The number of aromatic nitrogens is 2. The van der Waals surface area contributed by atoms with Gasteiger partial charge in [-0.05, 0) is 37.7 Å². The first-order valence-corrected chi connectivity index (χ1v) is 9.24. The standard InChI is InChI=1S/C14H21N3O3S/c18-21(19,14-3-4-14)16-7-12-5-6-15-17(12)9-13(8-16)20-10-11-1-2-11/h5-6,11,13-14H,1-4,7-10H2. The maximum atomic E-state index is 12.6. The van der Waals surface area contributed by atoms with E-state index in [1.165, 1.54) is 12.8 Å². The molecule has 2 saturated carbocycles. The zero-order valence-electron chi connectivity index (χ0n) is 12.0. The van der Waals surface area contributed by atoms with E-state index >= 15 is 0 Å². The third-order valence-electron chi connectivity index (χ3n) is 4.50. The van der Waals surface area contributed by atoms with Gasteiger partial charge in [0.25, 0.3) is 0 Å². The van der Waals surface area contributed by atoms with Crippen molar-refractivity contribution in [1.82, 2.24) is 14.1 Å². The number of nitrogens with zero attached hydrogens (tertiary/aromatic N) is 3. The van der Waals surface area contributed by atoms with E-state index in [-0.39, 0.29) is 11.4 Å². The van der Waals surface area contributed by atoms with Crippen LogP contribution in [0.15, 0.2) is 12.3 Å². The van der Waals surface area contributed by atoms with E-state index in [1.54, 1.807) is 10.5 Å². The summed E-state index contributed by atoms with van der Waals surface area (Å²) in [5.41, 5.74) is 0.955. The molecule has 0 bridgehead atoms. The van der Waals surface area contributed by atoms with Crippen molar-refractivity contribution < 1.29 is 13.2 Å². The van der Waals surface area contributed by atoms with Crippen molar-refractivity contribution in [2.24, 2.45) is 5.92 Å². The molecule has 116 valence electrons.